The maximum Gasteiger partial charge on any atom is 0.310 e. The van der Waals surface area contributed by atoms with Gasteiger partial charge in [0.15, 0.2) is 6.10 Å². The maximum absolute atomic E-state index is 12.7. The lowest BCUT2D eigenvalue weighted by atomic mass is 10.0. The third-order valence-electron chi connectivity index (χ3n) is 11.1. The molecule has 0 aromatic rings. The Hall–Kier alpha value is -2.40. The van der Waals surface area contributed by atoms with Crippen LogP contribution in [0.25, 0.3) is 0 Å². The molecule has 0 N–H and O–H groups in total. The summed E-state index contributed by atoms with van der Waals surface area (Å²) in [7, 11) is 0. The molecule has 0 heterocycles. The van der Waals surface area contributed by atoms with Gasteiger partial charge in [-0.05, 0) is 44.9 Å². The van der Waals surface area contributed by atoms with Crippen LogP contribution in [0.3, 0.4) is 0 Å². The van der Waals surface area contributed by atoms with Crippen LogP contribution < -0.4 is 0 Å². The van der Waals surface area contributed by atoms with Gasteiger partial charge in [0, 0.05) is 13.0 Å². The Kier molecular flexibility index (Phi) is 48.9. The molecule has 0 rings (SSSR count). The van der Waals surface area contributed by atoms with Crippen LogP contribution in [0.5, 0.6) is 0 Å². The molecule has 5 heteroatoms. The van der Waals surface area contributed by atoms with E-state index in [0.717, 1.165) is 57.8 Å². The first kappa shape index (κ1) is 57.6. The quantitative estimate of drug-likeness (QED) is 0.0347. The molecule has 348 valence electrons. The second-order valence-corrected chi connectivity index (χ2v) is 17.1. The van der Waals surface area contributed by atoms with E-state index in [-0.39, 0.29) is 31.6 Å². The lowest BCUT2D eigenvalue weighted by Crippen LogP contribution is -2.29. The van der Waals surface area contributed by atoms with Crippen molar-refractivity contribution in [3.8, 4) is 0 Å². The lowest BCUT2D eigenvalue weighted by Gasteiger charge is -2.18. The van der Waals surface area contributed by atoms with Crippen molar-refractivity contribution >= 4 is 11.9 Å². The molecular weight excluding hydrogens is 741 g/mol. The van der Waals surface area contributed by atoms with Crippen LogP contribution in [0.4, 0.5) is 0 Å². The zero-order chi connectivity index (χ0) is 43.5. The van der Waals surface area contributed by atoms with Gasteiger partial charge in [-0.1, -0.05) is 255 Å². The van der Waals surface area contributed by atoms with Crippen molar-refractivity contribution < 1.29 is 23.8 Å². The number of hydrogen-bond donors (Lipinski definition) is 0. The number of carbonyl (C=O) groups excluding carboxylic acids is 2. The van der Waals surface area contributed by atoms with E-state index < -0.39 is 6.10 Å². The Balaban J connectivity index is 4.27. The van der Waals surface area contributed by atoms with Crippen molar-refractivity contribution in [1.29, 1.82) is 0 Å². The minimum Gasteiger partial charge on any atom is -0.462 e. The highest BCUT2D eigenvalue weighted by Crippen LogP contribution is 2.16. The fourth-order valence-corrected chi connectivity index (χ4v) is 7.29. The Labute approximate surface area is 373 Å². The van der Waals surface area contributed by atoms with E-state index in [2.05, 4.69) is 69.4 Å². The largest absolute Gasteiger partial charge is 0.462 e. The van der Waals surface area contributed by atoms with E-state index in [9.17, 15) is 9.59 Å². The van der Waals surface area contributed by atoms with Crippen LogP contribution in [-0.2, 0) is 23.8 Å². The summed E-state index contributed by atoms with van der Waals surface area (Å²) in [5.41, 5.74) is 0. The summed E-state index contributed by atoms with van der Waals surface area (Å²) in [6.07, 6.45) is 64.0. The Morgan fingerprint density at radius 1 is 0.383 bits per heavy atom. The highest BCUT2D eigenvalue weighted by atomic mass is 16.6. The predicted octanol–water partition coefficient (Wildman–Crippen LogP) is 17.3. The van der Waals surface area contributed by atoms with Crippen LogP contribution in [-0.4, -0.2) is 37.9 Å². The summed E-state index contributed by atoms with van der Waals surface area (Å²) in [6, 6.07) is 0. The highest BCUT2D eigenvalue weighted by molar-refractivity contribution is 5.71. The molecule has 0 aromatic carbocycles. The Bertz CT molecular complexity index is 1040. The van der Waals surface area contributed by atoms with Gasteiger partial charge in [0.1, 0.15) is 6.61 Å². The van der Waals surface area contributed by atoms with Crippen molar-refractivity contribution in [3.63, 3.8) is 0 Å². The van der Waals surface area contributed by atoms with Crippen LogP contribution in [0, 0.1) is 0 Å². The van der Waals surface area contributed by atoms with Gasteiger partial charge in [-0.15, -0.1) is 0 Å². The second kappa shape index (κ2) is 51.0. The van der Waals surface area contributed by atoms with Gasteiger partial charge in [-0.2, -0.15) is 0 Å². The zero-order valence-corrected chi connectivity index (χ0v) is 40.0. The molecule has 0 fully saturated rings. The fraction of sp³-hybridized carbons (Fsp3) is 0.782. The van der Waals surface area contributed by atoms with Gasteiger partial charge >= 0.3 is 11.9 Å². The number of esters is 2. The van der Waals surface area contributed by atoms with Gasteiger partial charge in [-0.3, -0.25) is 9.59 Å². The van der Waals surface area contributed by atoms with Gasteiger partial charge in [0.25, 0.3) is 0 Å². The molecule has 5 nitrogen and oxygen atoms in total. The molecule has 0 spiro atoms. The van der Waals surface area contributed by atoms with Crippen molar-refractivity contribution in [3.05, 3.63) is 60.8 Å². The van der Waals surface area contributed by atoms with Gasteiger partial charge in [-0.25, -0.2) is 0 Å². The first-order chi connectivity index (χ1) is 29.6. The maximum atomic E-state index is 12.7. The summed E-state index contributed by atoms with van der Waals surface area (Å²) < 4.78 is 17.3. The molecule has 1 unspecified atom stereocenters. The zero-order valence-electron chi connectivity index (χ0n) is 40.0. The molecule has 0 radical (unpaired) electrons. The molecule has 0 bridgehead atoms. The number of allylic oxidation sites excluding steroid dienone is 9. The van der Waals surface area contributed by atoms with Crippen LogP contribution >= 0.6 is 0 Å². The average molecular weight is 839 g/mol. The molecule has 0 saturated carbocycles. The molecular formula is C55H98O5. The lowest BCUT2D eigenvalue weighted by molar-refractivity contribution is -0.162. The number of rotatable bonds is 47. The molecule has 1 atom stereocenters. The van der Waals surface area contributed by atoms with Gasteiger partial charge < -0.3 is 14.2 Å². The molecule has 0 aliphatic heterocycles. The van der Waals surface area contributed by atoms with Gasteiger partial charge in [0.2, 0.25) is 0 Å². The summed E-state index contributed by atoms with van der Waals surface area (Å²) in [5.74, 6) is -0.533. The number of hydrogen-bond acceptors (Lipinski definition) is 5. The van der Waals surface area contributed by atoms with Crippen LogP contribution in [0.2, 0.25) is 0 Å². The van der Waals surface area contributed by atoms with E-state index in [0.29, 0.717) is 13.0 Å². The first-order valence-electron chi connectivity index (χ1n) is 25.8. The van der Waals surface area contributed by atoms with E-state index in [1.165, 1.54) is 161 Å². The summed E-state index contributed by atoms with van der Waals surface area (Å²) in [5, 5.41) is 0. The second-order valence-electron chi connectivity index (χ2n) is 17.1. The third-order valence-corrected chi connectivity index (χ3v) is 11.1. The molecule has 0 aromatic heterocycles. The van der Waals surface area contributed by atoms with Crippen LogP contribution in [0.15, 0.2) is 60.8 Å². The number of ether oxygens (including phenoxy) is 3. The summed E-state index contributed by atoms with van der Waals surface area (Å²) >= 11 is 0. The summed E-state index contributed by atoms with van der Waals surface area (Å²) in [6.45, 7) is 7.63. The molecule has 0 aliphatic rings. The van der Waals surface area contributed by atoms with E-state index in [4.69, 9.17) is 14.2 Å². The molecule has 0 saturated heterocycles. The SMILES string of the molecule is CC/C=C\C/C=C\C/C=C\C/C=C\C/C=C\CC(=O)OC(COCCCCCCCCCCCC)COC(=O)CCCCCCCCCCCCCCCCCCCCC. The minimum absolute atomic E-state index is 0.0490. The standard InChI is InChI=1S/C55H98O5/c1-4-7-10-13-16-19-22-24-26-27-28-29-31-32-34-36-39-42-45-48-54(56)59-52-53(51-58-50-47-44-41-38-21-18-15-12-9-6-3)60-55(57)49-46-43-40-37-35-33-30-25-23-20-17-14-11-8-5-2/h8,11,17,20,25,30,35,37,43,46,53H,4-7,9-10,12-16,18-19,21-24,26-29,31-34,36,38-42,44-45,47-52H2,1-3H3/b11-8-,20-17-,30-25-,37-35-,46-43-. The monoisotopic (exact) mass is 839 g/mol. The predicted molar refractivity (Wildman–Crippen MR) is 261 cm³/mol. The van der Waals surface area contributed by atoms with E-state index in [1.54, 1.807) is 0 Å². The van der Waals surface area contributed by atoms with E-state index >= 15 is 0 Å². The van der Waals surface area contributed by atoms with Crippen molar-refractivity contribution in [2.75, 3.05) is 19.8 Å². The van der Waals surface area contributed by atoms with Gasteiger partial charge in [0.05, 0.1) is 13.0 Å². The fourth-order valence-electron chi connectivity index (χ4n) is 7.29. The van der Waals surface area contributed by atoms with Crippen LogP contribution in [0.1, 0.15) is 252 Å². The minimum atomic E-state index is -0.586. The summed E-state index contributed by atoms with van der Waals surface area (Å²) in [4.78, 5) is 25.3. The topological polar surface area (TPSA) is 61.8 Å². The highest BCUT2D eigenvalue weighted by Gasteiger charge is 2.17. The first-order valence-corrected chi connectivity index (χ1v) is 25.8. The Morgan fingerprint density at radius 3 is 1.13 bits per heavy atom. The average Bonchev–Trinajstić information content (AvgIpc) is 3.25. The molecule has 0 amide bonds. The van der Waals surface area contributed by atoms with Crippen molar-refractivity contribution in [2.24, 2.45) is 0 Å². The molecule has 0 aliphatic carbocycles. The van der Waals surface area contributed by atoms with E-state index in [1.807, 2.05) is 12.2 Å². The molecule has 60 heavy (non-hydrogen) atoms. The normalized spacial score (nSPS) is 12.7. The van der Waals surface area contributed by atoms with Crippen molar-refractivity contribution in [2.45, 2.75) is 258 Å². The third kappa shape index (κ3) is 48.3. The number of carbonyl (C=O) groups is 2. The Morgan fingerprint density at radius 2 is 0.733 bits per heavy atom. The number of unbranched alkanes of at least 4 members (excludes halogenated alkanes) is 27. The smallest absolute Gasteiger partial charge is 0.310 e. The van der Waals surface area contributed by atoms with Crippen molar-refractivity contribution in [1.82, 2.24) is 0 Å².